The molecule has 8 nitrogen and oxygen atoms in total. The second kappa shape index (κ2) is 9.62. The summed E-state index contributed by atoms with van der Waals surface area (Å²) < 4.78 is 32.1. The minimum absolute atomic E-state index is 0.0927. The Bertz CT molecular complexity index is 973. The molecule has 1 amide bonds. The fourth-order valence-corrected chi connectivity index (χ4v) is 4.37. The molecule has 2 aromatic rings. The predicted octanol–water partition coefficient (Wildman–Crippen LogP) is 2.60. The second-order valence-electron chi connectivity index (χ2n) is 6.32. The van der Waals surface area contributed by atoms with Crippen LogP contribution in [-0.4, -0.2) is 48.8 Å². The lowest BCUT2D eigenvalue weighted by Gasteiger charge is -2.20. The van der Waals surface area contributed by atoms with Crippen LogP contribution < -0.4 is 5.32 Å². The summed E-state index contributed by atoms with van der Waals surface area (Å²) in [5.74, 6) is -1.30. The van der Waals surface area contributed by atoms with Crippen LogP contribution in [0, 0.1) is 6.92 Å². The lowest BCUT2D eigenvalue weighted by atomic mass is 10.2. The van der Waals surface area contributed by atoms with E-state index in [1.165, 1.54) is 29.6 Å². The zero-order valence-electron chi connectivity index (χ0n) is 16.9. The standard InChI is InChI=1S/C20H25N3O5S/c1-5-23(6-2)29(26,27)18-13-16(11-10-14(18)3)22-19(24)15(4)28-20(25)17-9-7-8-12-21-17/h7-13,15H,5-6H2,1-4H3,(H,22,24)/t15-/m1/s1. The molecule has 0 unspecified atom stereocenters. The highest BCUT2D eigenvalue weighted by Crippen LogP contribution is 2.24. The predicted molar refractivity (Wildman–Crippen MR) is 109 cm³/mol. The summed E-state index contributed by atoms with van der Waals surface area (Å²) in [7, 11) is -3.68. The number of hydrogen-bond donors (Lipinski definition) is 1. The SMILES string of the molecule is CCN(CC)S(=O)(=O)c1cc(NC(=O)[C@@H](C)OC(=O)c2ccccn2)ccc1C. The van der Waals surface area contributed by atoms with Crippen molar-refractivity contribution < 1.29 is 22.7 Å². The van der Waals surface area contributed by atoms with Gasteiger partial charge in [-0.3, -0.25) is 4.79 Å². The topological polar surface area (TPSA) is 106 Å². The van der Waals surface area contributed by atoms with E-state index in [0.717, 1.165) is 0 Å². The van der Waals surface area contributed by atoms with Crippen LogP contribution in [0.5, 0.6) is 0 Å². The number of pyridine rings is 1. The first-order valence-electron chi connectivity index (χ1n) is 9.24. The molecule has 0 aliphatic carbocycles. The second-order valence-corrected chi connectivity index (χ2v) is 8.23. The van der Waals surface area contributed by atoms with E-state index in [0.29, 0.717) is 24.3 Å². The van der Waals surface area contributed by atoms with Crippen molar-refractivity contribution in [3.63, 3.8) is 0 Å². The number of nitrogens with one attached hydrogen (secondary N) is 1. The van der Waals surface area contributed by atoms with E-state index >= 15 is 0 Å². The molecular formula is C20H25N3O5S. The van der Waals surface area contributed by atoms with Crippen LogP contribution in [0.4, 0.5) is 5.69 Å². The summed E-state index contributed by atoms with van der Waals surface area (Å²) in [6.45, 7) is 7.33. The summed E-state index contributed by atoms with van der Waals surface area (Å²) in [5, 5.41) is 2.59. The molecule has 1 aromatic carbocycles. The van der Waals surface area contributed by atoms with Crippen LogP contribution in [0.1, 0.15) is 36.8 Å². The number of amides is 1. The number of aromatic nitrogens is 1. The van der Waals surface area contributed by atoms with Gasteiger partial charge in [-0.05, 0) is 43.7 Å². The molecule has 1 N–H and O–H groups in total. The number of hydrogen-bond acceptors (Lipinski definition) is 6. The number of carbonyl (C=O) groups is 2. The molecule has 29 heavy (non-hydrogen) atoms. The molecule has 0 radical (unpaired) electrons. The van der Waals surface area contributed by atoms with Crippen molar-refractivity contribution in [2.24, 2.45) is 0 Å². The van der Waals surface area contributed by atoms with Crippen molar-refractivity contribution in [1.29, 1.82) is 0 Å². The summed E-state index contributed by atoms with van der Waals surface area (Å²) in [6.07, 6.45) is 0.361. The fraction of sp³-hybridized carbons (Fsp3) is 0.350. The number of anilines is 1. The quantitative estimate of drug-likeness (QED) is 0.660. The third-order valence-corrected chi connectivity index (χ3v) is 6.50. The Labute approximate surface area is 170 Å². The van der Waals surface area contributed by atoms with Crippen molar-refractivity contribution in [3.8, 4) is 0 Å². The monoisotopic (exact) mass is 419 g/mol. The Balaban J connectivity index is 2.15. The Morgan fingerprint density at radius 2 is 1.86 bits per heavy atom. The van der Waals surface area contributed by atoms with Crippen LogP contribution in [0.3, 0.4) is 0 Å². The Morgan fingerprint density at radius 3 is 2.45 bits per heavy atom. The molecule has 1 atom stereocenters. The van der Waals surface area contributed by atoms with E-state index in [1.54, 1.807) is 45.0 Å². The smallest absolute Gasteiger partial charge is 0.357 e. The number of benzene rings is 1. The zero-order valence-corrected chi connectivity index (χ0v) is 17.7. The van der Waals surface area contributed by atoms with Crippen molar-refractivity contribution >= 4 is 27.6 Å². The molecule has 0 saturated heterocycles. The van der Waals surface area contributed by atoms with E-state index in [-0.39, 0.29) is 10.6 Å². The molecule has 9 heteroatoms. The molecule has 0 spiro atoms. The highest BCUT2D eigenvalue weighted by atomic mass is 32.2. The van der Waals surface area contributed by atoms with E-state index in [9.17, 15) is 18.0 Å². The number of aryl methyl sites for hydroxylation is 1. The summed E-state index contributed by atoms with van der Waals surface area (Å²) in [5.41, 5.74) is 0.965. The van der Waals surface area contributed by atoms with Gasteiger partial charge in [-0.25, -0.2) is 18.2 Å². The summed E-state index contributed by atoms with van der Waals surface area (Å²) in [4.78, 5) is 28.4. The van der Waals surface area contributed by atoms with Gasteiger partial charge in [0, 0.05) is 25.0 Å². The number of esters is 1. The largest absolute Gasteiger partial charge is 0.448 e. The average molecular weight is 420 g/mol. The van der Waals surface area contributed by atoms with E-state index in [1.807, 2.05) is 0 Å². The molecule has 156 valence electrons. The molecule has 0 bridgehead atoms. The maximum absolute atomic E-state index is 12.8. The third kappa shape index (κ3) is 5.39. The maximum Gasteiger partial charge on any atom is 0.357 e. The van der Waals surface area contributed by atoms with Gasteiger partial charge < -0.3 is 10.1 Å². The van der Waals surface area contributed by atoms with Crippen molar-refractivity contribution in [2.75, 3.05) is 18.4 Å². The molecule has 2 rings (SSSR count). The highest BCUT2D eigenvalue weighted by Gasteiger charge is 2.25. The van der Waals surface area contributed by atoms with Crippen molar-refractivity contribution in [1.82, 2.24) is 9.29 Å². The van der Waals surface area contributed by atoms with E-state index < -0.39 is 28.0 Å². The molecule has 1 heterocycles. The Hall–Kier alpha value is -2.78. The van der Waals surface area contributed by atoms with Crippen LogP contribution >= 0.6 is 0 Å². The number of carbonyl (C=O) groups excluding carboxylic acids is 2. The zero-order chi connectivity index (χ0) is 21.6. The first-order chi connectivity index (χ1) is 13.7. The van der Waals surface area contributed by atoms with Gasteiger partial charge in [0.1, 0.15) is 5.69 Å². The number of sulfonamides is 1. The van der Waals surface area contributed by atoms with Gasteiger partial charge in [0.05, 0.1) is 4.90 Å². The van der Waals surface area contributed by atoms with Crippen molar-refractivity contribution in [2.45, 2.75) is 38.7 Å². The number of ether oxygens (including phenoxy) is 1. The van der Waals surface area contributed by atoms with Crippen LogP contribution in [0.2, 0.25) is 0 Å². The molecule has 0 aliphatic rings. The molecule has 1 aromatic heterocycles. The fourth-order valence-electron chi connectivity index (χ4n) is 2.66. The lowest BCUT2D eigenvalue weighted by molar-refractivity contribution is -0.123. The van der Waals surface area contributed by atoms with Gasteiger partial charge in [-0.1, -0.05) is 26.0 Å². The lowest BCUT2D eigenvalue weighted by Crippen LogP contribution is -2.32. The van der Waals surface area contributed by atoms with Gasteiger partial charge in [-0.2, -0.15) is 4.31 Å². The number of rotatable bonds is 8. The van der Waals surface area contributed by atoms with Gasteiger partial charge in [-0.15, -0.1) is 0 Å². The maximum atomic E-state index is 12.8. The minimum atomic E-state index is -3.68. The van der Waals surface area contributed by atoms with Gasteiger partial charge >= 0.3 is 5.97 Å². The normalized spacial score (nSPS) is 12.4. The highest BCUT2D eigenvalue weighted by molar-refractivity contribution is 7.89. The Morgan fingerprint density at radius 1 is 1.17 bits per heavy atom. The minimum Gasteiger partial charge on any atom is -0.448 e. The van der Waals surface area contributed by atoms with Gasteiger partial charge in [0.15, 0.2) is 6.10 Å². The molecular weight excluding hydrogens is 394 g/mol. The Kier molecular flexibility index (Phi) is 7.46. The summed E-state index contributed by atoms with van der Waals surface area (Å²) >= 11 is 0. The first-order valence-corrected chi connectivity index (χ1v) is 10.7. The third-order valence-electron chi connectivity index (χ3n) is 4.31. The van der Waals surface area contributed by atoms with Crippen LogP contribution in [0.15, 0.2) is 47.5 Å². The first kappa shape index (κ1) is 22.5. The molecule has 0 aliphatic heterocycles. The average Bonchev–Trinajstić information content (AvgIpc) is 2.70. The molecule has 0 saturated carbocycles. The number of nitrogens with zero attached hydrogens (tertiary/aromatic N) is 2. The van der Waals surface area contributed by atoms with Crippen LogP contribution in [-0.2, 0) is 19.6 Å². The van der Waals surface area contributed by atoms with Gasteiger partial charge in [0.2, 0.25) is 10.0 Å². The van der Waals surface area contributed by atoms with Gasteiger partial charge in [0.25, 0.3) is 5.91 Å². The van der Waals surface area contributed by atoms with Crippen LogP contribution in [0.25, 0.3) is 0 Å². The van der Waals surface area contributed by atoms with E-state index in [4.69, 9.17) is 4.74 Å². The summed E-state index contributed by atoms with van der Waals surface area (Å²) in [6, 6.07) is 9.41. The van der Waals surface area contributed by atoms with Crippen molar-refractivity contribution in [3.05, 3.63) is 53.9 Å². The van der Waals surface area contributed by atoms with E-state index in [2.05, 4.69) is 10.3 Å². The molecule has 0 fully saturated rings.